The molecule has 264 valence electrons. The van der Waals surface area contributed by atoms with Crippen molar-refractivity contribution in [2.45, 2.75) is 104 Å². The number of carbonyl (C=O) groups excluding carboxylic acids is 2. The molecular formula is C35H49ClN4O7S. The molecule has 2 aromatic carbocycles. The molecule has 0 aliphatic carbocycles. The van der Waals surface area contributed by atoms with Crippen LogP contribution in [0.3, 0.4) is 0 Å². The number of aromatic amines is 1. The van der Waals surface area contributed by atoms with Gasteiger partial charge in [0.05, 0.1) is 34.8 Å². The van der Waals surface area contributed by atoms with E-state index in [2.05, 4.69) is 27.2 Å². The van der Waals surface area contributed by atoms with Crippen molar-refractivity contribution in [2.24, 2.45) is 0 Å². The third-order valence-corrected chi connectivity index (χ3v) is 8.80. The lowest BCUT2D eigenvalue weighted by atomic mass is 10.00. The van der Waals surface area contributed by atoms with E-state index in [1.54, 1.807) is 6.92 Å². The first-order valence-corrected chi connectivity index (χ1v) is 18.9. The van der Waals surface area contributed by atoms with Gasteiger partial charge in [0, 0.05) is 16.9 Å². The van der Waals surface area contributed by atoms with Crippen molar-refractivity contribution in [2.75, 3.05) is 22.9 Å². The summed E-state index contributed by atoms with van der Waals surface area (Å²) < 4.78 is 37.0. The second kappa shape index (κ2) is 19.4. The van der Waals surface area contributed by atoms with E-state index in [1.807, 2.05) is 6.92 Å². The molecule has 1 heterocycles. The second-order valence-corrected chi connectivity index (χ2v) is 14.1. The van der Waals surface area contributed by atoms with Crippen LogP contribution < -0.4 is 14.8 Å². The Bertz CT molecular complexity index is 1580. The van der Waals surface area contributed by atoms with Crippen LogP contribution in [0.25, 0.3) is 0 Å². The number of esters is 1. The number of H-pyrrole nitrogens is 1. The number of hydrogen-bond acceptors (Lipinski definition) is 8. The summed E-state index contributed by atoms with van der Waals surface area (Å²) in [5.74, 6) is -1.07. The van der Waals surface area contributed by atoms with Crippen LogP contribution in [-0.4, -0.2) is 54.6 Å². The standard InChI is InChI=1S/C35H49ClN4O7S/c1-5-7-8-9-10-11-12-13-14-15-22-46-35(43)25-16-21-28(36)30(23-25)37-34(42)33(32(41)31-24(3)38-39-29(31)6-2)47-27-19-17-26(18-20-27)40-48(4,44)45/h16-21,23,32-33,40-41H,5-15,22H2,1-4H3,(H,37,42)(H,38,39). The zero-order valence-electron chi connectivity index (χ0n) is 28.3. The second-order valence-electron chi connectivity index (χ2n) is 11.9. The van der Waals surface area contributed by atoms with Gasteiger partial charge in [0.15, 0.2) is 0 Å². The predicted molar refractivity (Wildman–Crippen MR) is 189 cm³/mol. The number of halogens is 1. The van der Waals surface area contributed by atoms with Crippen molar-refractivity contribution >= 4 is 44.9 Å². The van der Waals surface area contributed by atoms with Crippen LogP contribution >= 0.6 is 11.6 Å². The van der Waals surface area contributed by atoms with Gasteiger partial charge < -0.3 is 19.9 Å². The number of sulfonamides is 1. The Morgan fingerprint density at radius 1 is 0.958 bits per heavy atom. The fourth-order valence-corrected chi connectivity index (χ4v) is 6.04. The van der Waals surface area contributed by atoms with Crippen LogP contribution in [0.15, 0.2) is 42.5 Å². The summed E-state index contributed by atoms with van der Waals surface area (Å²) in [5.41, 5.74) is 2.21. The Kier molecular flexibility index (Phi) is 15.7. The molecule has 3 aromatic rings. The highest BCUT2D eigenvalue weighted by Gasteiger charge is 2.34. The lowest BCUT2D eigenvalue weighted by Crippen LogP contribution is -2.39. The number of unbranched alkanes of at least 4 members (excludes halogenated alkanes) is 9. The average molecular weight is 705 g/mol. The average Bonchev–Trinajstić information content (AvgIpc) is 3.43. The van der Waals surface area contributed by atoms with E-state index in [0.717, 1.165) is 25.5 Å². The molecule has 1 amide bonds. The number of aromatic nitrogens is 2. The quantitative estimate of drug-likeness (QED) is 0.0655. The van der Waals surface area contributed by atoms with Gasteiger partial charge in [-0.1, -0.05) is 83.2 Å². The van der Waals surface area contributed by atoms with E-state index >= 15 is 0 Å². The predicted octanol–water partition coefficient (Wildman–Crippen LogP) is 7.50. The van der Waals surface area contributed by atoms with Gasteiger partial charge in [-0.15, -0.1) is 0 Å². The smallest absolute Gasteiger partial charge is 0.338 e. The molecule has 0 saturated carbocycles. The van der Waals surface area contributed by atoms with E-state index in [4.69, 9.17) is 21.1 Å². The maximum Gasteiger partial charge on any atom is 0.338 e. The summed E-state index contributed by atoms with van der Waals surface area (Å²) >= 11 is 6.41. The number of aliphatic hydroxyl groups excluding tert-OH is 1. The molecule has 0 saturated heterocycles. The number of aliphatic hydroxyl groups is 1. The SMILES string of the molecule is CCCCCCCCCCCCOC(=O)c1ccc(Cl)c(NC(=O)C(Oc2ccc(NS(C)(=O)=O)cc2)C(O)c2c(CC)n[nH]c2C)c1. The maximum absolute atomic E-state index is 13.7. The van der Waals surface area contributed by atoms with Crippen LogP contribution in [0, 0.1) is 6.92 Å². The van der Waals surface area contributed by atoms with E-state index in [1.165, 1.54) is 87.4 Å². The molecule has 3 rings (SSSR count). The van der Waals surface area contributed by atoms with E-state index in [0.29, 0.717) is 35.7 Å². The van der Waals surface area contributed by atoms with Gasteiger partial charge in [0.2, 0.25) is 16.1 Å². The van der Waals surface area contributed by atoms with Gasteiger partial charge in [0.1, 0.15) is 11.9 Å². The summed E-state index contributed by atoms with van der Waals surface area (Å²) in [6.07, 6.45) is 10.3. The van der Waals surface area contributed by atoms with Crippen LogP contribution in [0.1, 0.15) is 111 Å². The third kappa shape index (κ3) is 12.4. The van der Waals surface area contributed by atoms with Gasteiger partial charge in [-0.2, -0.15) is 5.10 Å². The van der Waals surface area contributed by atoms with Gasteiger partial charge in [-0.25, -0.2) is 13.2 Å². The van der Waals surface area contributed by atoms with Crippen LogP contribution in [0.2, 0.25) is 5.02 Å². The molecular weight excluding hydrogens is 656 g/mol. The largest absolute Gasteiger partial charge is 0.477 e. The monoisotopic (exact) mass is 704 g/mol. The molecule has 0 bridgehead atoms. The van der Waals surface area contributed by atoms with Gasteiger partial charge >= 0.3 is 5.97 Å². The number of rotatable bonds is 21. The minimum atomic E-state index is -3.50. The summed E-state index contributed by atoms with van der Waals surface area (Å²) in [7, 11) is -3.50. The van der Waals surface area contributed by atoms with Gasteiger partial charge in [-0.3, -0.25) is 14.6 Å². The summed E-state index contributed by atoms with van der Waals surface area (Å²) in [4.78, 5) is 26.6. The fourth-order valence-electron chi connectivity index (χ4n) is 5.31. The number of amides is 1. The van der Waals surface area contributed by atoms with E-state index in [9.17, 15) is 23.1 Å². The Morgan fingerprint density at radius 3 is 2.19 bits per heavy atom. The molecule has 0 aliphatic rings. The topological polar surface area (TPSA) is 160 Å². The lowest BCUT2D eigenvalue weighted by molar-refractivity contribution is -0.128. The highest BCUT2D eigenvalue weighted by Crippen LogP contribution is 2.30. The van der Waals surface area contributed by atoms with Crippen molar-refractivity contribution in [3.8, 4) is 5.75 Å². The van der Waals surface area contributed by atoms with E-state index < -0.39 is 34.1 Å². The molecule has 0 fully saturated rings. The van der Waals surface area contributed by atoms with Gasteiger partial charge in [0.25, 0.3) is 5.91 Å². The van der Waals surface area contributed by atoms with Crippen LogP contribution in [0.4, 0.5) is 11.4 Å². The highest BCUT2D eigenvalue weighted by molar-refractivity contribution is 7.92. The number of ether oxygens (including phenoxy) is 2. The van der Waals surface area contributed by atoms with E-state index in [-0.39, 0.29) is 22.0 Å². The molecule has 48 heavy (non-hydrogen) atoms. The molecule has 2 unspecified atom stereocenters. The Hall–Kier alpha value is -3.61. The maximum atomic E-state index is 13.7. The first-order valence-electron chi connectivity index (χ1n) is 16.7. The minimum Gasteiger partial charge on any atom is -0.477 e. The van der Waals surface area contributed by atoms with Crippen molar-refractivity contribution in [3.63, 3.8) is 0 Å². The fraction of sp³-hybridized carbons (Fsp3) is 0.514. The number of benzene rings is 2. The molecule has 4 N–H and O–H groups in total. The molecule has 2 atom stereocenters. The van der Waals surface area contributed by atoms with Crippen molar-refractivity contribution in [1.29, 1.82) is 0 Å². The zero-order chi connectivity index (χ0) is 35.1. The first-order chi connectivity index (χ1) is 22.9. The van der Waals surface area contributed by atoms with Crippen molar-refractivity contribution in [3.05, 3.63) is 70.0 Å². The molecule has 0 aliphatic heterocycles. The number of aryl methyl sites for hydroxylation is 2. The minimum absolute atomic E-state index is 0.142. The number of nitrogens with zero attached hydrogens (tertiary/aromatic N) is 1. The molecule has 0 spiro atoms. The third-order valence-electron chi connectivity index (χ3n) is 7.86. The molecule has 13 heteroatoms. The summed E-state index contributed by atoms with van der Waals surface area (Å²) in [5, 5.41) is 21.4. The van der Waals surface area contributed by atoms with Crippen LogP contribution in [-0.2, 0) is 26.0 Å². The normalized spacial score (nSPS) is 12.7. The molecule has 11 nitrogen and oxygen atoms in total. The zero-order valence-corrected chi connectivity index (χ0v) is 29.9. The first kappa shape index (κ1) is 38.8. The molecule has 1 aromatic heterocycles. The van der Waals surface area contributed by atoms with Crippen molar-refractivity contribution < 1.29 is 32.6 Å². The summed E-state index contributed by atoms with van der Waals surface area (Å²) in [6, 6.07) is 10.3. The highest BCUT2D eigenvalue weighted by atomic mass is 35.5. The number of hydrogen-bond donors (Lipinski definition) is 4. The van der Waals surface area contributed by atoms with Crippen LogP contribution in [0.5, 0.6) is 5.75 Å². The Balaban J connectivity index is 1.67. The Morgan fingerprint density at radius 2 is 1.58 bits per heavy atom. The Labute approximate surface area is 289 Å². The molecule has 0 radical (unpaired) electrons. The lowest BCUT2D eigenvalue weighted by Gasteiger charge is -2.24. The van der Waals surface area contributed by atoms with Gasteiger partial charge in [-0.05, 0) is 62.2 Å². The number of anilines is 2. The number of nitrogens with one attached hydrogen (secondary N) is 3. The van der Waals surface area contributed by atoms with Crippen molar-refractivity contribution in [1.82, 2.24) is 10.2 Å². The summed E-state index contributed by atoms with van der Waals surface area (Å²) in [6.45, 7) is 6.11. The number of carbonyl (C=O) groups is 2.